The van der Waals surface area contributed by atoms with E-state index in [1.54, 1.807) is 7.11 Å². The average molecular weight is 365 g/mol. The molecule has 1 amide bonds. The van der Waals surface area contributed by atoms with E-state index in [9.17, 15) is 4.79 Å². The van der Waals surface area contributed by atoms with Crippen molar-refractivity contribution in [2.45, 2.75) is 19.5 Å². The lowest BCUT2D eigenvalue weighted by Gasteiger charge is -2.16. The summed E-state index contributed by atoms with van der Waals surface area (Å²) >= 11 is 0. The summed E-state index contributed by atoms with van der Waals surface area (Å²) in [5.74, 6) is 2.12. The number of imidazole rings is 1. The van der Waals surface area contributed by atoms with Crippen LogP contribution < -0.4 is 14.8 Å². The number of ether oxygens (including phenoxy) is 2. The molecule has 1 N–H and O–H groups in total. The van der Waals surface area contributed by atoms with Gasteiger partial charge in [0.1, 0.15) is 23.9 Å². The first-order valence-corrected chi connectivity index (χ1v) is 8.77. The molecule has 3 aromatic rings. The first kappa shape index (κ1) is 18.5. The molecule has 0 aliphatic carbocycles. The molecule has 1 unspecified atom stereocenters. The number of hydrogen-bond acceptors (Lipinski definition) is 4. The Morgan fingerprint density at radius 1 is 1.22 bits per heavy atom. The Labute approximate surface area is 158 Å². The maximum atomic E-state index is 11.7. The van der Waals surface area contributed by atoms with E-state index < -0.39 is 0 Å². The standard InChI is InChI=1S/C21H23N3O3/c1-4-20(25)22-15(2)21-23-18-7-5-6-8-19(18)24(21)13-14-27-17-11-9-16(26-3)10-12-17/h4-12,15H,1,13-14H2,2-3H3,(H,22,25). The van der Waals surface area contributed by atoms with Crippen molar-refractivity contribution in [2.75, 3.05) is 13.7 Å². The number of carbonyl (C=O) groups is 1. The van der Waals surface area contributed by atoms with E-state index in [1.807, 2.05) is 55.5 Å². The number of aromatic nitrogens is 2. The number of methoxy groups -OCH3 is 1. The van der Waals surface area contributed by atoms with Crippen molar-refractivity contribution >= 4 is 16.9 Å². The second-order valence-corrected chi connectivity index (χ2v) is 6.07. The van der Waals surface area contributed by atoms with Crippen LogP contribution in [0.2, 0.25) is 0 Å². The minimum absolute atomic E-state index is 0.226. The van der Waals surface area contributed by atoms with Gasteiger partial charge in [0.2, 0.25) is 5.91 Å². The summed E-state index contributed by atoms with van der Waals surface area (Å²) in [5.41, 5.74) is 1.89. The van der Waals surface area contributed by atoms with Crippen molar-refractivity contribution in [1.29, 1.82) is 0 Å². The zero-order valence-electron chi connectivity index (χ0n) is 15.5. The Hall–Kier alpha value is -3.28. The van der Waals surface area contributed by atoms with E-state index in [-0.39, 0.29) is 11.9 Å². The molecule has 0 saturated heterocycles. The maximum absolute atomic E-state index is 11.7. The molecule has 0 aliphatic heterocycles. The Morgan fingerprint density at radius 2 is 1.93 bits per heavy atom. The van der Waals surface area contributed by atoms with E-state index in [0.29, 0.717) is 13.2 Å². The Balaban J connectivity index is 1.77. The highest BCUT2D eigenvalue weighted by molar-refractivity contribution is 5.87. The summed E-state index contributed by atoms with van der Waals surface area (Å²) < 4.78 is 13.1. The highest BCUT2D eigenvalue weighted by Gasteiger charge is 2.17. The van der Waals surface area contributed by atoms with Crippen LogP contribution in [0.5, 0.6) is 11.5 Å². The summed E-state index contributed by atoms with van der Waals surface area (Å²) in [6.07, 6.45) is 1.26. The van der Waals surface area contributed by atoms with E-state index in [4.69, 9.17) is 14.5 Å². The van der Waals surface area contributed by atoms with Crippen LogP contribution in [0.15, 0.2) is 61.2 Å². The molecule has 0 aliphatic rings. The first-order chi connectivity index (χ1) is 13.1. The second-order valence-electron chi connectivity index (χ2n) is 6.07. The molecular weight excluding hydrogens is 342 g/mol. The molecule has 1 atom stereocenters. The van der Waals surface area contributed by atoms with Gasteiger partial charge in [-0.2, -0.15) is 0 Å². The first-order valence-electron chi connectivity index (χ1n) is 8.77. The van der Waals surface area contributed by atoms with Crippen LogP contribution in [0.3, 0.4) is 0 Å². The molecule has 0 saturated carbocycles. The normalized spacial score (nSPS) is 11.8. The third-order valence-electron chi connectivity index (χ3n) is 4.26. The molecule has 1 aromatic heterocycles. The van der Waals surface area contributed by atoms with Crippen LogP contribution in [0.4, 0.5) is 0 Å². The summed E-state index contributed by atoms with van der Waals surface area (Å²) in [4.78, 5) is 16.4. The van der Waals surface area contributed by atoms with Gasteiger partial charge in [0.15, 0.2) is 0 Å². The van der Waals surface area contributed by atoms with Crippen LogP contribution in [0.1, 0.15) is 18.8 Å². The van der Waals surface area contributed by atoms with Gasteiger partial charge in [-0.25, -0.2) is 4.98 Å². The molecule has 6 nitrogen and oxygen atoms in total. The fraction of sp³-hybridized carbons (Fsp3) is 0.238. The lowest BCUT2D eigenvalue weighted by atomic mass is 10.3. The smallest absolute Gasteiger partial charge is 0.243 e. The third-order valence-corrected chi connectivity index (χ3v) is 4.26. The maximum Gasteiger partial charge on any atom is 0.243 e. The number of nitrogens with one attached hydrogen (secondary N) is 1. The van der Waals surface area contributed by atoms with E-state index >= 15 is 0 Å². The number of para-hydroxylation sites is 2. The molecule has 0 fully saturated rings. The van der Waals surface area contributed by atoms with Gasteiger partial charge in [-0.1, -0.05) is 18.7 Å². The largest absolute Gasteiger partial charge is 0.497 e. The van der Waals surface area contributed by atoms with Gasteiger partial charge in [-0.3, -0.25) is 4.79 Å². The minimum Gasteiger partial charge on any atom is -0.497 e. The van der Waals surface area contributed by atoms with E-state index in [1.165, 1.54) is 6.08 Å². The van der Waals surface area contributed by atoms with Gasteiger partial charge in [0, 0.05) is 0 Å². The van der Waals surface area contributed by atoms with Gasteiger partial charge >= 0.3 is 0 Å². The van der Waals surface area contributed by atoms with Crippen LogP contribution >= 0.6 is 0 Å². The van der Waals surface area contributed by atoms with Gasteiger partial charge in [0.25, 0.3) is 0 Å². The van der Waals surface area contributed by atoms with Crippen LogP contribution in [0.25, 0.3) is 11.0 Å². The quantitative estimate of drug-likeness (QED) is 0.621. The Kier molecular flexibility index (Phi) is 5.76. The highest BCUT2D eigenvalue weighted by atomic mass is 16.5. The van der Waals surface area contributed by atoms with Gasteiger partial charge < -0.3 is 19.4 Å². The van der Waals surface area contributed by atoms with E-state index in [0.717, 1.165) is 28.4 Å². The predicted octanol–water partition coefficient (Wildman–Crippen LogP) is 3.49. The summed E-state index contributed by atoms with van der Waals surface area (Å²) in [5, 5.41) is 2.87. The molecule has 2 aromatic carbocycles. The number of amides is 1. The number of benzene rings is 2. The summed E-state index contributed by atoms with van der Waals surface area (Å²) in [6.45, 7) is 6.49. The Morgan fingerprint density at radius 3 is 2.63 bits per heavy atom. The van der Waals surface area contributed by atoms with Crippen molar-refractivity contribution in [3.05, 3.63) is 67.0 Å². The number of hydrogen-bond donors (Lipinski definition) is 1. The fourth-order valence-corrected chi connectivity index (χ4v) is 2.92. The van der Waals surface area contributed by atoms with Crippen molar-refractivity contribution in [1.82, 2.24) is 14.9 Å². The molecule has 3 rings (SSSR count). The minimum atomic E-state index is -0.246. The molecule has 1 heterocycles. The van der Waals surface area contributed by atoms with Crippen molar-refractivity contribution in [2.24, 2.45) is 0 Å². The van der Waals surface area contributed by atoms with Gasteiger partial charge in [-0.15, -0.1) is 0 Å². The lowest BCUT2D eigenvalue weighted by Crippen LogP contribution is -2.27. The molecule has 140 valence electrons. The molecule has 0 radical (unpaired) electrons. The molecule has 6 heteroatoms. The molecular formula is C21H23N3O3. The van der Waals surface area contributed by atoms with Crippen molar-refractivity contribution in [3.63, 3.8) is 0 Å². The average Bonchev–Trinajstić information content (AvgIpc) is 3.07. The van der Waals surface area contributed by atoms with Gasteiger partial charge in [0.05, 0.1) is 30.7 Å². The van der Waals surface area contributed by atoms with Crippen LogP contribution in [0, 0.1) is 0 Å². The van der Waals surface area contributed by atoms with Crippen LogP contribution in [-0.4, -0.2) is 29.2 Å². The van der Waals surface area contributed by atoms with Gasteiger partial charge in [-0.05, 0) is 49.4 Å². The zero-order valence-corrected chi connectivity index (χ0v) is 15.5. The van der Waals surface area contributed by atoms with Crippen molar-refractivity contribution < 1.29 is 14.3 Å². The monoisotopic (exact) mass is 365 g/mol. The third kappa shape index (κ3) is 4.28. The van der Waals surface area contributed by atoms with Crippen molar-refractivity contribution in [3.8, 4) is 11.5 Å². The highest BCUT2D eigenvalue weighted by Crippen LogP contribution is 2.22. The summed E-state index contributed by atoms with van der Waals surface area (Å²) in [6, 6.07) is 15.1. The topological polar surface area (TPSA) is 65.4 Å². The Bertz CT molecular complexity index is 931. The molecule has 0 bridgehead atoms. The molecule has 0 spiro atoms. The predicted molar refractivity (Wildman–Crippen MR) is 105 cm³/mol. The number of nitrogens with zero attached hydrogens (tertiary/aromatic N) is 2. The molecule has 27 heavy (non-hydrogen) atoms. The van der Waals surface area contributed by atoms with E-state index in [2.05, 4.69) is 16.5 Å². The second kappa shape index (κ2) is 8.40. The zero-order chi connectivity index (χ0) is 19.2. The van der Waals surface area contributed by atoms with Crippen LogP contribution in [-0.2, 0) is 11.3 Å². The lowest BCUT2D eigenvalue weighted by molar-refractivity contribution is -0.117. The number of carbonyl (C=O) groups excluding carboxylic acids is 1. The number of fused-ring (bicyclic) bond motifs is 1. The summed E-state index contributed by atoms with van der Waals surface area (Å²) in [7, 11) is 1.63. The fourth-order valence-electron chi connectivity index (χ4n) is 2.92. The SMILES string of the molecule is C=CC(=O)NC(C)c1nc2ccccc2n1CCOc1ccc(OC)cc1. The number of rotatable bonds is 8.